The maximum atomic E-state index is 12.7. The molecule has 0 unspecified atom stereocenters. The number of hydrogen-bond donors (Lipinski definition) is 2. The Morgan fingerprint density at radius 1 is 1.12 bits per heavy atom. The first-order valence-corrected chi connectivity index (χ1v) is 9.72. The Hall–Kier alpha value is -2.45. The van der Waals surface area contributed by atoms with Gasteiger partial charge in [-0.1, -0.05) is 30.3 Å². The molecule has 7 nitrogen and oxygen atoms in total. The lowest BCUT2D eigenvalue weighted by Crippen LogP contribution is -2.48. The van der Waals surface area contributed by atoms with Gasteiger partial charge in [0.25, 0.3) is 0 Å². The van der Waals surface area contributed by atoms with Gasteiger partial charge in [0.15, 0.2) is 0 Å². The van der Waals surface area contributed by atoms with Gasteiger partial charge in [-0.2, -0.15) is 4.31 Å². The van der Waals surface area contributed by atoms with Crippen LogP contribution >= 0.6 is 0 Å². The summed E-state index contributed by atoms with van der Waals surface area (Å²) in [4.78, 5) is 23.8. The van der Waals surface area contributed by atoms with Crippen LogP contribution in [0.4, 0.5) is 0 Å². The van der Waals surface area contributed by atoms with Crippen LogP contribution in [0.1, 0.15) is 13.8 Å². The normalized spacial score (nSPS) is 12.8. The lowest BCUT2D eigenvalue weighted by molar-refractivity contribution is -0.128. The fourth-order valence-corrected chi connectivity index (χ4v) is 3.64. The summed E-state index contributed by atoms with van der Waals surface area (Å²) in [7, 11) is -2.49. The summed E-state index contributed by atoms with van der Waals surface area (Å²) in [5.41, 5.74) is 0. The Morgan fingerprint density at radius 3 is 2.42 bits per heavy atom. The Morgan fingerprint density at radius 2 is 1.77 bits per heavy atom. The number of nitrogens with one attached hydrogen (secondary N) is 2. The minimum Gasteiger partial charge on any atom is -0.355 e. The highest BCUT2D eigenvalue weighted by Gasteiger charge is 2.24. The van der Waals surface area contributed by atoms with Crippen molar-refractivity contribution >= 4 is 32.6 Å². The van der Waals surface area contributed by atoms with Crippen molar-refractivity contribution in [3.8, 4) is 0 Å². The van der Waals surface area contributed by atoms with Crippen molar-refractivity contribution in [3.63, 3.8) is 0 Å². The Labute approximate surface area is 153 Å². The van der Waals surface area contributed by atoms with Gasteiger partial charge in [-0.05, 0) is 36.8 Å². The van der Waals surface area contributed by atoms with Gasteiger partial charge in [0.1, 0.15) is 6.04 Å². The zero-order chi connectivity index (χ0) is 19.3. The van der Waals surface area contributed by atoms with Crippen LogP contribution in [0.15, 0.2) is 47.4 Å². The zero-order valence-corrected chi connectivity index (χ0v) is 15.8. The van der Waals surface area contributed by atoms with E-state index in [0.29, 0.717) is 6.54 Å². The predicted molar refractivity (Wildman–Crippen MR) is 100 cm³/mol. The van der Waals surface area contributed by atoms with Crippen molar-refractivity contribution in [2.24, 2.45) is 0 Å². The fourth-order valence-electron chi connectivity index (χ4n) is 2.48. The van der Waals surface area contributed by atoms with E-state index in [9.17, 15) is 18.0 Å². The number of carbonyl (C=O) groups is 2. The maximum absolute atomic E-state index is 12.7. The smallest absolute Gasteiger partial charge is 0.243 e. The molecule has 2 rings (SSSR count). The first-order chi connectivity index (χ1) is 12.3. The second kappa shape index (κ2) is 8.29. The number of nitrogens with zero attached hydrogens (tertiary/aromatic N) is 1. The summed E-state index contributed by atoms with van der Waals surface area (Å²) in [6, 6.07) is 11.5. The Bertz CT molecular complexity index is 912. The molecule has 2 aromatic rings. The van der Waals surface area contributed by atoms with E-state index < -0.39 is 22.0 Å². The number of amides is 2. The SMILES string of the molecule is CCNC(=O)[C@@H](C)NC(=O)CN(C)S(=O)(=O)c1ccc2ccccc2c1. The van der Waals surface area contributed by atoms with Gasteiger partial charge in [0.05, 0.1) is 11.4 Å². The number of rotatable bonds is 7. The molecular weight excluding hydrogens is 354 g/mol. The van der Waals surface area contributed by atoms with Crippen LogP contribution in [-0.2, 0) is 19.6 Å². The molecule has 0 aromatic heterocycles. The molecule has 0 bridgehead atoms. The van der Waals surface area contributed by atoms with Crippen LogP contribution in [0.2, 0.25) is 0 Å². The van der Waals surface area contributed by atoms with E-state index in [-0.39, 0.29) is 17.3 Å². The highest BCUT2D eigenvalue weighted by molar-refractivity contribution is 7.89. The van der Waals surface area contributed by atoms with Gasteiger partial charge in [-0.15, -0.1) is 0 Å². The topological polar surface area (TPSA) is 95.6 Å². The molecule has 0 saturated heterocycles. The maximum Gasteiger partial charge on any atom is 0.243 e. The van der Waals surface area contributed by atoms with Crippen molar-refractivity contribution in [1.82, 2.24) is 14.9 Å². The monoisotopic (exact) mass is 377 g/mol. The number of fused-ring (bicyclic) bond motifs is 1. The minimum absolute atomic E-state index is 0.114. The number of likely N-dealkylation sites (N-methyl/N-ethyl adjacent to an activating group) is 2. The number of hydrogen-bond acceptors (Lipinski definition) is 4. The van der Waals surface area contributed by atoms with Gasteiger partial charge in [0, 0.05) is 13.6 Å². The third kappa shape index (κ3) is 4.59. The molecule has 0 aliphatic rings. The van der Waals surface area contributed by atoms with E-state index in [1.807, 2.05) is 24.3 Å². The molecule has 26 heavy (non-hydrogen) atoms. The molecule has 0 heterocycles. The van der Waals surface area contributed by atoms with Crippen molar-refractivity contribution in [2.75, 3.05) is 20.1 Å². The Kier molecular flexibility index (Phi) is 6.33. The number of benzene rings is 2. The molecule has 0 saturated carbocycles. The summed E-state index contributed by atoms with van der Waals surface area (Å²) >= 11 is 0. The molecule has 1 atom stereocenters. The third-order valence-electron chi connectivity index (χ3n) is 3.92. The first kappa shape index (κ1) is 19.9. The molecule has 0 spiro atoms. The van der Waals surface area contributed by atoms with Gasteiger partial charge in [0.2, 0.25) is 21.8 Å². The van der Waals surface area contributed by atoms with Crippen LogP contribution in [0, 0.1) is 0 Å². The van der Waals surface area contributed by atoms with E-state index in [4.69, 9.17) is 0 Å². The average Bonchev–Trinajstić information content (AvgIpc) is 2.61. The molecule has 0 radical (unpaired) electrons. The molecule has 2 amide bonds. The number of sulfonamides is 1. The summed E-state index contributed by atoms with van der Waals surface area (Å²) < 4.78 is 26.4. The molecule has 140 valence electrons. The summed E-state index contributed by atoms with van der Waals surface area (Å²) in [5.74, 6) is -0.864. The average molecular weight is 377 g/mol. The van der Waals surface area contributed by atoms with Crippen LogP contribution in [0.5, 0.6) is 0 Å². The molecule has 8 heteroatoms. The molecule has 2 N–H and O–H groups in total. The standard InChI is InChI=1S/C18H23N3O4S/c1-4-19-18(23)13(2)20-17(22)12-21(3)26(24,25)16-10-9-14-7-5-6-8-15(14)11-16/h5-11,13H,4,12H2,1-3H3,(H,19,23)(H,20,22)/t13-/m1/s1. The lowest BCUT2D eigenvalue weighted by atomic mass is 10.1. The van der Waals surface area contributed by atoms with E-state index in [0.717, 1.165) is 15.1 Å². The second-order valence-electron chi connectivity index (χ2n) is 5.95. The third-order valence-corrected chi connectivity index (χ3v) is 5.72. The van der Waals surface area contributed by atoms with Crippen LogP contribution in [-0.4, -0.2) is 50.7 Å². The summed E-state index contributed by atoms with van der Waals surface area (Å²) in [5, 5.41) is 6.82. The van der Waals surface area contributed by atoms with Crippen molar-refractivity contribution < 1.29 is 18.0 Å². The highest BCUT2D eigenvalue weighted by atomic mass is 32.2. The van der Waals surface area contributed by atoms with Crippen molar-refractivity contribution in [1.29, 1.82) is 0 Å². The van der Waals surface area contributed by atoms with Gasteiger partial charge < -0.3 is 10.6 Å². The minimum atomic E-state index is -3.82. The predicted octanol–water partition coefficient (Wildman–Crippen LogP) is 1.10. The highest BCUT2D eigenvalue weighted by Crippen LogP contribution is 2.21. The van der Waals surface area contributed by atoms with Crippen LogP contribution in [0.25, 0.3) is 10.8 Å². The number of carbonyl (C=O) groups excluding carboxylic acids is 2. The van der Waals surface area contributed by atoms with E-state index in [1.54, 1.807) is 26.0 Å². The Balaban J connectivity index is 2.10. The molecule has 0 fully saturated rings. The van der Waals surface area contributed by atoms with Gasteiger partial charge in [-0.25, -0.2) is 8.42 Å². The lowest BCUT2D eigenvalue weighted by Gasteiger charge is -2.19. The molecule has 0 aliphatic carbocycles. The first-order valence-electron chi connectivity index (χ1n) is 8.28. The van der Waals surface area contributed by atoms with Crippen molar-refractivity contribution in [2.45, 2.75) is 24.8 Å². The van der Waals surface area contributed by atoms with E-state index in [2.05, 4.69) is 10.6 Å². The van der Waals surface area contributed by atoms with E-state index >= 15 is 0 Å². The van der Waals surface area contributed by atoms with Crippen LogP contribution < -0.4 is 10.6 Å². The molecule has 0 aliphatic heterocycles. The summed E-state index contributed by atoms with van der Waals surface area (Å²) in [6.07, 6.45) is 0. The van der Waals surface area contributed by atoms with Gasteiger partial charge >= 0.3 is 0 Å². The van der Waals surface area contributed by atoms with Crippen LogP contribution in [0.3, 0.4) is 0 Å². The van der Waals surface area contributed by atoms with Gasteiger partial charge in [-0.3, -0.25) is 9.59 Å². The van der Waals surface area contributed by atoms with Crippen molar-refractivity contribution in [3.05, 3.63) is 42.5 Å². The summed E-state index contributed by atoms with van der Waals surface area (Å²) in [6.45, 7) is 3.39. The molecular formula is C18H23N3O4S. The van der Waals surface area contributed by atoms with E-state index in [1.165, 1.54) is 13.1 Å². The second-order valence-corrected chi connectivity index (χ2v) is 8.00. The zero-order valence-electron chi connectivity index (χ0n) is 15.0. The fraction of sp³-hybridized carbons (Fsp3) is 0.333. The largest absolute Gasteiger partial charge is 0.355 e. The quantitative estimate of drug-likeness (QED) is 0.755. The molecule has 2 aromatic carbocycles.